The number of aliphatic hydroxyl groups is 1. The largest absolute Gasteiger partial charge is 0.477 e. The van der Waals surface area contributed by atoms with Crippen molar-refractivity contribution in [3.63, 3.8) is 0 Å². The fourth-order valence-corrected chi connectivity index (χ4v) is 2.37. The number of hydrogen-bond acceptors (Lipinski definition) is 3. The third kappa shape index (κ3) is 3.43. The van der Waals surface area contributed by atoms with Gasteiger partial charge in [-0.05, 0) is 37.3 Å². The molecule has 1 heterocycles. The molecule has 0 bridgehead atoms. The Kier molecular flexibility index (Phi) is 4.37. The van der Waals surface area contributed by atoms with E-state index in [1.54, 1.807) is 0 Å². The van der Waals surface area contributed by atoms with E-state index in [1.807, 2.05) is 19.1 Å². The highest BCUT2D eigenvalue weighted by molar-refractivity contribution is 5.24. The van der Waals surface area contributed by atoms with Crippen molar-refractivity contribution in [1.29, 1.82) is 0 Å². The van der Waals surface area contributed by atoms with Crippen LogP contribution >= 0.6 is 0 Å². The summed E-state index contributed by atoms with van der Waals surface area (Å²) in [6.07, 6.45) is 6.62. The van der Waals surface area contributed by atoms with Crippen molar-refractivity contribution in [2.75, 3.05) is 6.61 Å². The number of pyridine rings is 1. The maximum Gasteiger partial charge on any atom is 0.213 e. The Bertz CT molecular complexity index is 359. The van der Waals surface area contributed by atoms with Crippen LogP contribution in [0.2, 0.25) is 0 Å². The third-order valence-corrected chi connectivity index (χ3v) is 3.53. The fourth-order valence-electron chi connectivity index (χ4n) is 2.37. The molecule has 3 nitrogen and oxygen atoms in total. The number of rotatable bonds is 4. The zero-order valence-electron chi connectivity index (χ0n) is 10.5. The minimum absolute atomic E-state index is 0.0434. The third-order valence-electron chi connectivity index (χ3n) is 3.53. The monoisotopic (exact) mass is 235 g/mol. The van der Waals surface area contributed by atoms with Gasteiger partial charge < -0.3 is 9.84 Å². The van der Waals surface area contributed by atoms with E-state index in [4.69, 9.17) is 9.84 Å². The Hall–Kier alpha value is -1.09. The summed E-state index contributed by atoms with van der Waals surface area (Å²) in [5.74, 6) is 1.38. The molecule has 0 unspecified atom stereocenters. The molecule has 0 aliphatic heterocycles. The van der Waals surface area contributed by atoms with E-state index >= 15 is 0 Å². The normalized spacial score (nSPS) is 17.1. The summed E-state index contributed by atoms with van der Waals surface area (Å²) >= 11 is 0. The van der Waals surface area contributed by atoms with Crippen LogP contribution in [0.25, 0.3) is 0 Å². The van der Waals surface area contributed by atoms with Crippen molar-refractivity contribution in [3.05, 3.63) is 23.4 Å². The van der Waals surface area contributed by atoms with E-state index in [2.05, 4.69) is 4.98 Å². The Morgan fingerprint density at radius 1 is 1.29 bits per heavy atom. The van der Waals surface area contributed by atoms with Crippen LogP contribution in [0.3, 0.4) is 0 Å². The number of nitrogens with zero attached hydrogens (tertiary/aromatic N) is 1. The number of aryl methyl sites for hydroxylation is 1. The molecule has 0 radical (unpaired) electrons. The molecule has 1 saturated carbocycles. The highest BCUT2D eigenvalue weighted by atomic mass is 16.5. The predicted octanol–water partition coefficient (Wildman–Crippen LogP) is 2.84. The number of aliphatic hydroxyl groups excluding tert-OH is 1. The molecule has 3 heteroatoms. The summed E-state index contributed by atoms with van der Waals surface area (Å²) in [6, 6.07) is 3.74. The van der Waals surface area contributed by atoms with Crippen molar-refractivity contribution >= 4 is 0 Å². The van der Waals surface area contributed by atoms with Crippen LogP contribution in [0.5, 0.6) is 5.88 Å². The molecule has 1 aliphatic carbocycles. The lowest BCUT2D eigenvalue weighted by atomic mass is 9.90. The Morgan fingerprint density at radius 3 is 2.71 bits per heavy atom. The highest BCUT2D eigenvalue weighted by Crippen LogP contribution is 2.24. The second kappa shape index (κ2) is 6.01. The fraction of sp³-hybridized carbons (Fsp3) is 0.643. The standard InChI is InChI=1S/C14H21NO2/c1-11-13(9-16)7-8-14(15-11)17-10-12-5-3-2-4-6-12/h7-8,12,16H,2-6,9-10H2,1H3. The van der Waals surface area contributed by atoms with Gasteiger partial charge in [-0.3, -0.25) is 0 Å². The van der Waals surface area contributed by atoms with E-state index < -0.39 is 0 Å². The summed E-state index contributed by atoms with van der Waals surface area (Å²) in [4.78, 5) is 4.35. The van der Waals surface area contributed by atoms with Gasteiger partial charge in [-0.1, -0.05) is 19.3 Å². The maximum absolute atomic E-state index is 9.06. The van der Waals surface area contributed by atoms with Crippen molar-refractivity contribution in [1.82, 2.24) is 4.98 Å². The molecule has 0 spiro atoms. The molecule has 17 heavy (non-hydrogen) atoms. The van der Waals surface area contributed by atoms with Crippen molar-refractivity contribution in [2.45, 2.75) is 45.6 Å². The van der Waals surface area contributed by atoms with Gasteiger partial charge in [0.25, 0.3) is 0 Å². The van der Waals surface area contributed by atoms with Gasteiger partial charge in [-0.15, -0.1) is 0 Å². The second-order valence-electron chi connectivity index (χ2n) is 4.87. The summed E-state index contributed by atoms with van der Waals surface area (Å²) in [5, 5.41) is 9.06. The van der Waals surface area contributed by atoms with Gasteiger partial charge >= 0.3 is 0 Å². The molecule has 0 amide bonds. The molecular formula is C14H21NO2. The lowest BCUT2D eigenvalue weighted by molar-refractivity contribution is 0.202. The maximum atomic E-state index is 9.06. The first-order valence-electron chi connectivity index (χ1n) is 6.50. The zero-order valence-corrected chi connectivity index (χ0v) is 10.5. The van der Waals surface area contributed by atoms with Crippen molar-refractivity contribution in [3.8, 4) is 5.88 Å². The van der Waals surface area contributed by atoms with Crippen LogP contribution in [-0.4, -0.2) is 16.7 Å². The van der Waals surface area contributed by atoms with E-state index in [9.17, 15) is 0 Å². The van der Waals surface area contributed by atoms with E-state index in [-0.39, 0.29) is 6.61 Å². The molecule has 0 saturated heterocycles. The predicted molar refractivity (Wildman–Crippen MR) is 67.0 cm³/mol. The van der Waals surface area contributed by atoms with Crippen LogP contribution < -0.4 is 4.74 Å². The average molecular weight is 235 g/mol. The highest BCUT2D eigenvalue weighted by Gasteiger charge is 2.14. The van der Waals surface area contributed by atoms with Crippen LogP contribution in [0.4, 0.5) is 0 Å². The lowest BCUT2D eigenvalue weighted by Crippen LogP contribution is -2.15. The van der Waals surface area contributed by atoms with Crippen LogP contribution in [0, 0.1) is 12.8 Å². The minimum atomic E-state index is 0.0434. The van der Waals surface area contributed by atoms with Gasteiger partial charge in [-0.2, -0.15) is 0 Å². The van der Waals surface area contributed by atoms with E-state index in [1.165, 1.54) is 32.1 Å². The number of hydrogen-bond donors (Lipinski definition) is 1. The van der Waals surface area contributed by atoms with Crippen molar-refractivity contribution < 1.29 is 9.84 Å². The zero-order chi connectivity index (χ0) is 12.1. The molecule has 1 fully saturated rings. The van der Waals surface area contributed by atoms with E-state index in [0.717, 1.165) is 17.9 Å². The average Bonchev–Trinajstić information content (AvgIpc) is 2.38. The van der Waals surface area contributed by atoms with Gasteiger partial charge in [0.2, 0.25) is 5.88 Å². The first-order chi connectivity index (χ1) is 8.29. The molecule has 1 aromatic rings. The Balaban J connectivity index is 1.87. The molecular weight excluding hydrogens is 214 g/mol. The number of ether oxygens (including phenoxy) is 1. The SMILES string of the molecule is Cc1nc(OCC2CCCCC2)ccc1CO. The molecule has 1 aromatic heterocycles. The van der Waals surface area contributed by atoms with Gasteiger partial charge in [0.1, 0.15) is 0 Å². The van der Waals surface area contributed by atoms with Gasteiger partial charge in [-0.25, -0.2) is 4.98 Å². The summed E-state index contributed by atoms with van der Waals surface area (Å²) in [7, 11) is 0. The minimum Gasteiger partial charge on any atom is -0.477 e. The molecule has 1 N–H and O–H groups in total. The van der Waals surface area contributed by atoms with Gasteiger partial charge in [0.05, 0.1) is 13.2 Å². The summed E-state index contributed by atoms with van der Waals surface area (Å²) < 4.78 is 5.73. The molecule has 2 rings (SSSR count). The van der Waals surface area contributed by atoms with E-state index in [0.29, 0.717) is 11.8 Å². The summed E-state index contributed by atoms with van der Waals surface area (Å²) in [5.41, 5.74) is 1.73. The Morgan fingerprint density at radius 2 is 2.06 bits per heavy atom. The lowest BCUT2D eigenvalue weighted by Gasteiger charge is -2.21. The van der Waals surface area contributed by atoms with Gasteiger partial charge in [0, 0.05) is 11.8 Å². The topological polar surface area (TPSA) is 42.4 Å². The smallest absolute Gasteiger partial charge is 0.213 e. The second-order valence-corrected chi connectivity index (χ2v) is 4.87. The molecule has 0 aromatic carbocycles. The summed E-state index contributed by atoms with van der Waals surface area (Å²) in [6.45, 7) is 2.73. The molecule has 0 atom stereocenters. The van der Waals surface area contributed by atoms with Crippen LogP contribution in [0.15, 0.2) is 12.1 Å². The van der Waals surface area contributed by atoms with Crippen molar-refractivity contribution in [2.24, 2.45) is 5.92 Å². The first-order valence-corrected chi connectivity index (χ1v) is 6.50. The first kappa shape index (κ1) is 12.4. The van der Waals surface area contributed by atoms with Crippen LogP contribution in [0.1, 0.15) is 43.4 Å². The molecule has 94 valence electrons. The number of aromatic nitrogens is 1. The molecule has 1 aliphatic rings. The van der Waals surface area contributed by atoms with Crippen LogP contribution in [-0.2, 0) is 6.61 Å². The Labute approximate surface area is 103 Å². The quantitative estimate of drug-likeness (QED) is 0.872. The van der Waals surface area contributed by atoms with Gasteiger partial charge in [0.15, 0.2) is 0 Å².